The van der Waals surface area contributed by atoms with E-state index in [1.54, 1.807) is 24.3 Å². The van der Waals surface area contributed by atoms with Gasteiger partial charge < -0.3 is 15.2 Å². The van der Waals surface area contributed by atoms with Gasteiger partial charge in [-0.25, -0.2) is 4.79 Å². The Morgan fingerprint density at radius 1 is 0.968 bits per heavy atom. The quantitative estimate of drug-likeness (QED) is 0.428. The first-order chi connectivity index (χ1) is 14.8. The maximum absolute atomic E-state index is 12.7. The van der Waals surface area contributed by atoms with Crippen molar-refractivity contribution in [2.24, 2.45) is 0 Å². The van der Waals surface area contributed by atoms with Crippen LogP contribution in [0.2, 0.25) is 0 Å². The Morgan fingerprint density at radius 3 is 2.06 bits per heavy atom. The van der Waals surface area contributed by atoms with Crippen molar-refractivity contribution in [3.63, 3.8) is 0 Å². The second kappa shape index (κ2) is 9.00. The lowest BCUT2D eigenvalue weighted by Gasteiger charge is -2.10. The van der Waals surface area contributed by atoms with Gasteiger partial charge in [-0.3, -0.25) is 9.59 Å². The van der Waals surface area contributed by atoms with Gasteiger partial charge in [0.05, 0.1) is 16.7 Å². The highest BCUT2D eigenvalue weighted by molar-refractivity contribution is 6.12. The van der Waals surface area contributed by atoms with E-state index in [9.17, 15) is 24.4 Å². The summed E-state index contributed by atoms with van der Waals surface area (Å²) in [6.07, 6.45) is 0.366. The average molecular weight is 419 g/mol. The molecular formula is C23H19N2O6+. The van der Waals surface area contributed by atoms with E-state index in [1.807, 2.05) is 31.2 Å². The number of aldehydes is 1. The van der Waals surface area contributed by atoms with E-state index >= 15 is 0 Å². The molecule has 3 rings (SSSR count). The van der Waals surface area contributed by atoms with Crippen LogP contribution in [0.5, 0.6) is 11.5 Å². The lowest BCUT2D eigenvalue weighted by Crippen LogP contribution is -2.17. The van der Waals surface area contributed by atoms with Gasteiger partial charge >= 0.3 is 5.97 Å². The number of ether oxygens (including phenoxy) is 1. The number of nitrogens with one attached hydrogen (secondary N) is 1. The third-order valence-electron chi connectivity index (χ3n) is 4.48. The van der Waals surface area contributed by atoms with Crippen LogP contribution in [0, 0.1) is 11.8 Å². The molecule has 0 unspecified atom stereocenters. The largest absolute Gasteiger partial charge is 0.478 e. The summed E-state index contributed by atoms with van der Waals surface area (Å²) in [7, 11) is 1.15. The Bertz CT molecular complexity index is 1170. The van der Waals surface area contributed by atoms with E-state index < -0.39 is 11.9 Å². The molecule has 2 N–H and O–H groups in total. The van der Waals surface area contributed by atoms with Gasteiger partial charge in [-0.1, -0.05) is 17.7 Å². The van der Waals surface area contributed by atoms with Crippen molar-refractivity contribution in [3.05, 3.63) is 87.8 Å². The molecule has 31 heavy (non-hydrogen) atoms. The number of carboxylic acid groups (broad SMARTS) is 1. The van der Waals surface area contributed by atoms with Crippen LogP contribution in [0.15, 0.2) is 60.7 Å². The van der Waals surface area contributed by atoms with Crippen LogP contribution in [0.3, 0.4) is 0 Å². The second-order valence-corrected chi connectivity index (χ2v) is 6.77. The van der Waals surface area contributed by atoms with Gasteiger partial charge in [0.1, 0.15) is 11.5 Å². The smallest absolute Gasteiger partial charge is 0.336 e. The van der Waals surface area contributed by atoms with Crippen LogP contribution in [-0.2, 0) is 0 Å². The molecule has 0 aliphatic rings. The second-order valence-electron chi connectivity index (χ2n) is 6.77. The molecule has 8 heteroatoms. The van der Waals surface area contributed by atoms with Gasteiger partial charge in [-0.2, -0.15) is 0 Å². The molecule has 0 spiro atoms. The fourth-order valence-corrected chi connectivity index (χ4v) is 2.88. The summed E-state index contributed by atoms with van der Waals surface area (Å²) >= 11 is 0. The Labute approximate surface area is 177 Å². The minimum atomic E-state index is -1.39. The number of carbonyl (C=O) groups excluding carboxylic acids is 2. The number of anilines is 1. The molecule has 0 heterocycles. The van der Waals surface area contributed by atoms with Crippen molar-refractivity contribution < 1.29 is 29.0 Å². The highest BCUT2D eigenvalue weighted by Gasteiger charge is 2.25. The van der Waals surface area contributed by atoms with Crippen molar-refractivity contribution in [2.45, 2.75) is 6.92 Å². The maximum atomic E-state index is 12.7. The number of hydrogen-bond acceptors (Lipinski definition) is 5. The van der Waals surface area contributed by atoms with E-state index in [2.05, 4.69) is 5.32 Å². The lowest BCUT2D eigenvalue weighted by atomic mass is 10.0. The summed E-state index contributed by atoms with van der Waals surface area (Å²) in [6, 6.07) is 16.1. The molecule has 0 atom stereocenters. The van der Waals surface area contributed by atoms with Crippen LogP contribution in [0.4, 0.5) is 11.4 Å². The zero-order valence-corrected chi connectivity index (χ0v) is 16.8. The number of nitrogens with zero attached hydrogens (tertiary/aromatic N) is 1. The van der Waals surface area contributed by atoms with Crippen LogP contribution in [0.25, 0.3) is 0 Å². The summed E-state index contributed by atoms with van der Waals surface area (Å²) in [4.78, 5) is 47.2. The van der Waals surface area contributed by atoms with E-state index in [4.69, 9.17) is 4.74 Å². The number of carbonyl (C=O) groups is 3. The van der Waals surface area contributed by atoms with Crippen molar-refractivity contribution in [1.82, 2.24) is 0 Å². The predicted molar refractivity (Wildman–Crippen MR) is 114 cm³/mol. The van der Waals surface area contributed by atoms with Gasteiger partial charge in [0.2, 0.25) is 0 Å². The number of amides is 1. The molecule has 3 aromatic rings. The normalized spacial score (nSPS) is 10.3. The Balaban J connectivity index is 1.83. The fourth-order valence-electron chi connectivity index (χ4n) is 2.88. The van der Waals surface area contributed by atoms with Gasteiger partial charge in [0, 0.05) is 21.4 Å². The molecule has 156 valence electrons. The topological polar surface area (TPSA) is 113 Å². The number of carboxylic acids is 1. The molecule has 8 nitrogen and oxygen atoms in total. The number of aromatic carboxylic acids is 1. The highest BCUT2D eigenvalue weighted by atomic mass is 16.5. The molecule has 0 saturated heterocycles. The van der Waals surface area contributed by atoms with E-state index in [0.717, 1.165) is 24.7 Å². The molecule has 1 amide bonds. The van der Waals surface area contributed by atoms with Crippen LogP contribution in [-0.4, -0.2) is 35.1 Å². The van der Waals surface area contributed by atoms with E-state index in [0.29, 0.717) is 28.2 Å². The Hall–Kier alpha value is -4.33. The summed E-state index contributed by atoms with van der Waals surface area (Å²) in [6.45, 7) is 1.97. The third-order valence-corrected chi connectivity index (χ3v) is 4.48. The first kappa shape index (κ1) is 21.4. The van der Waals surface area contributed by atoms with Crippen molar-refractivity contribution in [3.8, 4) is 11.5 Å². The molecule has 0 bridgehead atoms. The van der Waals surface area contributed by atoms with E-state index in [1.165, 1.54) is 0 Å². The average Bonchev–Trinajstić information content (AvgIpc) is 2.75. The SMILES string of the molecule is Cc1ccc(Oc2ccc(NC(=O)c3cc([N+](C)=O)c(C=O)cc3C(=O)O)cc2)cc1. The minimum absolute atomic E-state index is 0.105. The van der Waals surface area contributed by atoms with Gasteiger partial charge in [0.25, 0.3) is 11.6 Å². The Morgan fingerprint density at radius 2 is 1.55 bits per heavy atom. The number of aryl methyl sites for hydroxylation is 1. The number of hydrogen-bond donors (Lipinski definition) is 2. The van der Waals surface area contributed by atoms with Crippen LogP contribution >= 0.6 is 0 Å². The summed E-state index contributed by atoms with van der Waals surface area (Å²) in [5.74, 6) is -0.906. The van der Waals surface area contributed by atoms with Crippen LogP contribution < -0.4 is 10.1 Å². The van der Waals surface area contributed by atoms with E-state index in [-0.39, 0.29) is 22.4 Å². The number of rotatable bonds is 7. The number of nitroso groups, excluding NO2 is 1. The monoisotopic (exact) mass is 419 g/mol. The molecule has 0 aliphatic heterocycles. The molecular weight excluding hydrogens is 400 g/mol. The molecule has 3 aromatic carbocycles. The third kappa shape index (κ3) is 4.99. The molecule has 0 aromatic heterocycles. The van der Waals surface area contributed by atoms with Crippen LogP contribution in [0.1, 0.15) is 36.6 Å². The summed E-state index contributed by atoms with van der Waals surface area (Å²) in [5.41, 5.74) is 0.657. The first-order valence-electron chi connectivity index (χ1n) is 9.22. The highest BCUT2D eigenvalue weighted by Crippen LogP contribution is 2.26. The first-order valence-corrected chi connectivity index (χ1v) is 9.22. The Kier molecular flexibility index (Phi) is 6.21. The van der Waals surface area contributed by atoms with Gasteiger partial charge in [0.15, 0.2) is 13.3 Å². The zero-order valence-electron chi connectivity index (χ0n) is 16.8. The number of benzene rings is 3. The standard InChI is InChI=1S/C23H18N2O6/c1-14-3-7-17(8-4-14)31-18-9-5-16(6-10-18)24-22(27)19-12-21(25(2)30)15(13-26)11-20(19)23(28)29/h3-13H,1-2H3,(H-,24,27,28,29)/p+1. The fraction of sp³-hybridized carbons (Fsp3) is 0.0870. The summed E-state index contributed by atoms with van der Waals surface area (Å²) in [5, 5.41) is 12.0. The van der Waals surface area contributed by atoms with Crippen molar-refractivity contribution in [1.29, 1.82) is 0 Å². The molecule has 0 aliphatic carbocycles. The van der Waals surface area contributed by atoms with Gasteiger partial charge in [-0.15, -0.1) is 0 Å². The molecule has 0 fully saturated rings. The predicted octanol–water partition coefficient (Wildman–Crippen LogP) is 4.59. The minimum Gasteiger partial charge on any atom is -0.478 e. The van der Waals surface area contributed by atoms with Crippen molar-refractivity contribution >= 4 is 29.5 Å². The summed E-state index contributed by atoms with van der Waals surface area (Å²) < 4.78 is 6.12. The zero-order chi connectivity index (χ0) is 22.5. The van der Waals surface area contributed by atoms with Crippen molar-refractivity contribution in [2.75, 3.05) is 12.4 Å². The molecule has 0 radical (unpaired) electrons. The molecule has 0 saturated carbocycles. The lowest BCUT2D eigenvalue weighted by molar-refractivity contribution is -0.428. The maximum Gasteiger partial charge on any atom is 0.336 e. The van der Waals surface area contributed by atoms with Gasteiger partial charge in [-0.05, 0) is 49.4 Å².